The largest absolute Gasteiger partial charge is 0.465 e. The Morgan fingerprint density at radius 3 is 2.83 bits per heavy atom. The molecule has 0 radical (unpaired) electrons. The Bertz CT molecular complexity index is 548. The summed E-state index contributed by atoms with van der Waals surface area (Å²) in [5.74, 6) is -0.318. The number of carbonyl (C=O) groups excluding carboxylic acids is 1. The average Bonchev–Trinajstić information content (AvgIpc) is 2.74. The van der Waals surface area contributed by atoms with Gasteiger partial charge in [-0.15, -0.1) is 0 Å². The number of para-hydroxylation sites is 1. The third-order valence-corrected chi connectivity index (χ3v) is 2.69. The van der Waals surface area contributed by atoms with E-state index >= 15 is 0 Å². The van der Waals surface area contributed by atoms with Gasteiger partial charge in [0, 0.05) is 5.39 Å². The van der Waals surface area contributed by atoms with Crippen LogP contribution in [0, 0.1) is 0 Å². The molecule has 1 aromatic carbocycles. The van der Waals surface area contributed by atoms with Crippen LogP contribution >= 0.6 is 0 Å². The predicted molar refractivity (Wildman–Crippen MR) is 67.1 cm³/mol. The first-order chi connectivity index (χ1) is 8.65. The number of hydrogen-bond donors (Lipinski definition) is 0. The van der Waals surface area contributed by atoms with Crippen molar-refractivity contribution in [2.24, 2.45) is 0 Å². The second-order valence-electron chi connectivity index (χ2n) is 4.18. The molecular formula is C13H16N2O3. The number of rotatable bonds is 4. The zero-order valence-electron chi connectivity index (χ0n) is 10.7. The van der Waals surface area contributed by atoms with Crippen LogP contribution in [0.25, 0.3) is 11.0 Å². The van der Waals surface area contributed by atoms with Crippen molar-refractivity contribution < 1.29 is 14.1 Å². The maximum absolute atomic E-state index is 12.0. The highest BCUT2D eigenvalue weighted by molar-refractivity contribution is 5.86. The first kappa shape index (κ1) is 12.6. The van der Waals surface area contributed by atoms with Gasteiger partial charge in [0.1, 0.15) is 5.69 Å². The van der Waals surface area contributed by atoms with Crippen LogP contribution in [0.15, 0.2) is 28.8 Å². The molecule has 0 aliphatic carbocycles. The highest BCUT2D eigenvalue weighted by Crippen LogP contribution is 2.27. The van der Waals surface area contributed by atoms with Crippen molar-refractivity contribution in [3.05, 3.63) is 30.0 Å². The summed E-state index contributed by atoms with van der Waals surface area (Å²) >= 11 is 0. The normalized spacial score (nSPS) is 12.9. The number of carbonyl (C=O) groups is 1. The Hall–Kier alpha value is -1.88. The number of hydrogen-bond acceptors (Lipinski definition) is 5. The maximum atomic E-state index is 12.0. The fraction of sp³-hybridized carbons (Fsp3) is 0.385. The lowest BCUT2D eigenvalue weighted by atomic mass is 10.1. The van der Waals surface area contributed by atoms with Crippen LogP contribution in [-0.2, 0) is 9.53 Å². The molecule has 0 fully saturated rings. The summed E-state index contributed by atoms with van der Waals surface area (Å²) in [7, 11) is 3.62. The molecule has 0 saturated carbocycles. The summed E-state index contributed by atoms with van der Waals surface area (Å²) in [5, 5.41) is 4.84. The smallest absolute Gasteiger partial charge is 0.329 e. The minimum absolute atomic E-state index is 0.318. The van der Waals surface area contributed by atoms with E-state index in [1.165, 1.54) is 0 Å². The van der Waals surface area contributed by atoms with Gasteiger partial charge in [-0.25, -0.2) is 4.79 Å². The van der Waals surface area contributed by atoms with E-state index in [0.29, 0.717) is 17.9 Å². The summed E-state index contributed by atoms with van der Waals surface area (Å²) in [6.07, 6.45) is 0. The van der Waals surface area contributed by atoms with Crippen molar-refractivity contribution in [3.8, 4) is 0 Å². The molecule has 18 heavy (non-hydrogen) atoms. The summed E-state index contributed by atoms with van der Waals surface area (Å²) in [5.41, 5.74) is 1.26. The van der Waals surface area contributed by atoms with Gasteiger partial charge < -0.3 is 9.26 Å². The standard InChI is InChI=1S/C13H16N2O3/c1-4-17-13(16)12(15(2)3)11-9-7-5-6-8-10(9)18-14-11/h5-8,12H,4H2,1-3H3. The Balaban J connectivity index is 2.45. The highest BCUT2D eigenvalue weighted by atomic mass is 16.5. The van der Waals surface area contributed by atoms with Gasteiger partial charge in [0.15, 0.2) is 11.6 Å². The van der Waals surface area contributed by atoms with Crippen LogP contribution in [0.2, 0.25) is 0 Å². The van der Waals surface area contributed by atoms with Gasteiger partial charge in [0.25, 0.3) is 0 Å². The number of fused-ring (bicyclic) bond motifs is 1. The van der Waals surface area contributed by atoms with Gasteiger partial charge in [-0.3, -0.25) is 4.90 Å². The maximum Gasteiger partial charge on any atom is 0.329 e. The van der Waals surface area contributed by atoms with E-state index in [1.807, 2.05) is 38.4 Å². The van der Waals surface area contributed by atoms with Gasteiger partial charge in [-0.05, 0) is 33.2 Å². The number of aromatic nitrogens is 1. The number of likely N-dealkylation sites (N-methyl/N-ethyl adjacent to an activating group) is 1. The lowest BCUT2D eigenvalue weighted by molar-refractivity contribution is -0.149. The molecule has 1 atom stereocenters. The van der Waals surface area contributed by atoms with E-state index in [1.54, 1.807) is 11.8 Å². The van der Waals surface area contributed by atoms with Crippen LogP contribution in [0.4, 0.5) is 0 Å². The van der Waals surface area contributed by atoms with Crippen molar-refractivity contribution in [1.29, 1.82) is 0 Å². The molecule has 0 aliphatic rings. The van der Waals surface area contributed by atoms with Crippen LogP contribution in [0.1, 0.15) is 18.7 Å². The molecule has 2 rings (SSSR count). The Morgan fingerprint density at radius 1 is 1.44 bits per heavy atom. The van der Waals surface area contributed by atoms with Crippen LogP contribution in [0.5, 0.6) is 0 Å². The van der Waals surface area contributed by atoms with E-state index < -0.39 is 6.04 Å². The molecule has 5 nitrogen and oxygen atoms in total. The van der Waals surface area contributed by atoms with Gasteiger partial charge in [0.05, 0.1) is 6.61 Å². The second kappa shape index (κ2) is 5.18. The number of esters is 1. The molecular weight excluding hydrogens is 232 g/mol. The van der Waals surface area contributed by atoms with Crippen molar-refractivity contribution in [3.63, 3.8) is 0 Å². The molecule has 1 unspecified atom stereocenters. The molecule has 0 saturated heterocycles. The van der Waals surface area contributed by atoms with Crippen molar-refractivity contribution in [2.75, 3.05) is 20.7 Å². The van der Waals surface area contributed by atoms with Gasteiger partial charge in [0.2, 0.25) is 0 Å². The molecule has 1 heterocycles. The molecule has 5 heteroatoms. The summed E-state index contributed by atoms with van der Waals surface area (Å²) < 4.78 is 10.3. The van der Waals surface area contributed by atoms with Crippen molar-refractivity contribution in [1.82, 2.24) is 10.1 Å². The van der Waals surface area contributed by atoms with E-state index in [4.69, 9.17) is 9.26 Å². The minimum Gasteiger partial charge on any atom is -0.465 e. The average molecular weight is 248 g/mol. The van der Waals surface area contributed by atoms with Crippen LogP contribution in [0.3, 0.4) is 0 Å². The SMILES string of the molecule is CCOC(=O)C(c1noc2ccccc12)N(C)C. The third kappa shape index (κ3) is 2.22. The zero-order chi connectivity index (χ0) is 13.1. The topological polar surface area (TPSA) is 55.6 Å². The molecule has 0 bridgehead atoms. The van der Waals surface area contributed by atoms with Crippen molar-refractivity contribution >= 4 is 16.9 Å². The number of benzene rings is 1. The van der Waals surface area contributed by atoms with Gasteiger partial charge in [-0.2, -0.15) is 0 Å². The third-order valence-electron chi connectivity index (χ3n) is 2.69. The number of nitrogens with zero attached hydrogens (tertiary/aromatic N) is 2. The zero-order valence-corrected chi connectivity index (χ0v) is 10.7. The minimum atomic E-state index is -0.548. The first-order valence-electron chi connectivity index (χ1n) is 5.82. The Labute approximate surface area is 105 Å². The summed E-state index contributed by atoms with van der Waals surface area (Å²) in [6.45, 7) is 2.13. The highest BCUT2D eigenvalue weighted by Gasteiger charge is 2.29. The quantitative estimate of drug-likeness (QED) is 0.774. The number of ether oxygens (including phenoxy) is 1. The van der Waals surface area contributed by atoms with Crippen molar-refractivity contribution in [2.45, 2.75) is 13.0 Å². The first-order valence-corrected chi connectivity index (χ1v) is 5.82. The molecule has 96 valence electrons. The fourth-order valence-corrected chi connectivity index (χ4v) is 1.89. The molecule has 2 aromatic rings. The molecule has 0 amide bonds. The molecule has 0 spiro atoms. The fourth-order valence-electron chi connectivity index (χ4n) is 1.89. The molecule has 1 aromatic heterocycles. The second-order valence-corrected chi connectivity index (χ2v) is 4.18. The predicted octanol–water partition coefficient (Wildman–Crippen LogP) is 1.99. The van der Waals surface area contributed by atoms with Gasteiger partial charge >= 0.3 is 5.97 Å². The molecule has 0 aliphatic heterocycles. The lowest BCUT2D eigenvalue weighted by Crippen LogP contribution is -2.29. The molecule has 0 N–H and O–H groups in total. The van der Waals surface area contributed by atoms with E-state index in [-0.39, 0.29) is 5.97 Å². The Morgan fingerprint density at radius 2 is 2.17 bits per heavy atom. The van der Waals surface area contributed by atoms with Crippen LogP contribution < -0.4 is 0 Å². The monoisotopic (exact) mass is 248 g/mol. The summed E-state index contributed by atoms with van der Waals surface area (Å²) in [6, 6.07) is 6.92. The lowest BCUT2D eigenvalue weighted by Gasteiger charge is -2.20. The van der Waals surface area contributed by atoms with E-state index in [2.05, 4.69) is 5.16 Å². The summed E-state index contributed by atoms with van der Waals surface area (Å²) in [4.78, 5) is 13.7. The Kier molecular flexibility index (Phi) is 3.62. The van der Waals surface area contributed by atoms with Crippen LogP contribution in [-0.4, -0.2) is 36.7 Å². The van der Waals surface area contributed by atoms with E-state index in [0.717, 1.165) is 5.39 Å². The van der Waals surface area contributed by atoms with Gasteiger partial charge in [-0.1, -0.05) is 17.3 Å². The van der Waals surface area contributed by atoms with E-state index in [9.17, 15) is 4.79 Å².